The van der Waals surface area contributed by atoms with Gasteiger partial charge in [-0.3, -0.25) is 14.6 Å². The summed E-state index contributed by atoms with van der Waals surface area (Å²) in [6.07, 6.45) is 8.81. The summed E-state index contributed by atoms with van der Waals surface area (Å²) in [7, 11) is 1.60. The van der Waals surface area contributed by atoms with E-state index in [4.69, 9.17) is 29.4 Å². The number of ketones is 1. The van der Waals surface area contributed by atoms with Gasteiger partial charge < -0.3 is 34.0 Å². The summed E-state index contributed by atoms with van der Waals surface area (Å²) >= 11 is 0. The van der Waals surface area contributed by atoms with Gasteiger partial charge in [-0.1, -0.05) is 36.4 Å². The summed E-state index contributed by atoms with van der Waals surface area (Å²) in [5, 5.41) is 0. The van der Waals surface area contributed by atoms with Crippen molar-refractivity contribution in [1.82, 2.24) is 14.5 Å². The standard InChI is InChI=1S/C42H44N4O7/c1-27-3-9-37(44-20-27)35-23-46(22-29-11-13-50-14-12-29)24-36(41(35)48)38(47)17-28-4-6-30(7-5-28)34-18-32(21-45-42(34)43)31-8-10-39(40(19-31)49-2)53-26-33-25-51-15-16-52-33/h3-10,18-21,23-24,29,33H,11-17,22,25-26H2,1-2H3,(H2,43,45). The van der Waals surface area contributed by atoms with Gasteiger partial charge in [-0.25, -0.2) is 4.98 Å². The highest BCUT2D eigenvalue weighted by Crippen LogP contribution is 2.35. The Morgan fingerprint density at radius 1 is 0.868 bits per heavy atom. The first-order chi connectivity index (χ1) is 25.8. The Hall–Kier alpha value is -5.36. The molecule has 1 atom stereocenters. The van der Waals surface area contributed by atoms with Crippen molar-refractivity contribution in [2.24, 2.45) is 5.92 Å². The minimum absolute atomic E-state index is 0.0689. The second-order valence-corrected chi connectivity index (χ2v) is 13.6. The molecule has 2 fully saturated rings. The predicted molar refractivity (Wildman–Crippen MR) is 202 cm³/mol. The molecule has 53 heavy (non-hydrogen) atoms. The van der Waals surface area contributed by atoms with Gasteiger partial charge in [0, 0.05) is 62.1 Å². The van der Waals surface area contributed by atoms with E-state index in [1.807, 2.05) is 78.4 Å². The van der Waals surface area contributed by atoms with Gasteiger partial charge in [0.1, 0.15) is 18.5 Å². The second-order valence-electron chi connectivity index (χ2n) is 13.6. The molecule has 3 aromatic heterocycles. The van der Waals surface area contributed by atoms with Crippen molar-refractivity contribution in [3.8, 4) is 45.0 Å². The van der Waals surface area contributed by atoms with Crippen molar-refractivity contribution in [2.45, 2.75) is 38.8 Å². The number of nitrogen functional groups attached to an aromatic ring is 1. The second kappa shape index (κ2) is 16.5. The third kappa shape index (κ3) is 8.65. The van der Waals surface area contributed by atoms with Crippen LogP contribution in [-0.2, 0) is 27.2 Å². The van der Waals surface area contributed by atoms with Crippen molar-refractivity contribution >= 4 is 11.6 Å². The maximum atomic E-state index is 13.8. The molecule has 2 saturated heterocycles. The minimum atomic E-state index is -0.314. The SMILES string of the molecule is COc1cc(-c2cnc(N)c(-c3ccc(CC(=O)c4cn(CC5CCOCC5)cc(-c5ccc(C)cn5)c4=O)cc3)c2)ccc1OCC1COCCO1. The number of anilines is 1. The molecule has 7 rings (SSSR count). The highest BCUT2D eigenvalue weighted by atomic mass is 16.6. The normalized spacial score (nSPS) is 16.3. The average molecular weight is 717 g/mol. The molecular formula is C42H44N4O7. The van der Waals surface area contributed by atoms with Crippen molar-refractivity contribution in [3.63, 3.8) is 0 Å². The van der Waals surface area contributed by atoms with Gasteiger partial charge in [-0.15, -0.1) is 0 Å². The van der Waals surface area contributed by atoms with Crippen LogP contribution in [0.3, 0.4) is 0 Å². The molecule has 0 aliphatic carbocycles. The van der Waals surface area contributed by atoms with Crippen LogP contribution >= 0.6 is 0 Å². The van der Waals surface area contributed by atoms with Crippen LogP contribution < -0.4 is 20.6 Å². The Bertz CT molecular complexity index is 2100. The number of aryl methyl sites for hydroxylation is 1. The quantitative estimate of drug-likeness (QED) is 0.149. The summed E-state index contributed by atoms with van der Waals surface area (Å²) in [5.74, 6) is 1.73. The van der Waals surface area contributed by atoms with E-state index < -0.39 is 0 Å². The number of nitrogens with two attached hydrogens (primary N) is 1. The van der Waals surface area contributed by atoms with E-state index in [0.717, 1.165) is 59.4 Å². The fraction of sp³-hybridized carbons (Fsp3) is 0.333. The molecule has 0 radical (unpaired) electrons. The number of carbonyl (C=O) groups is 1. The summed E-state index contributed by atoms with van der Waals surface area (Å²) in [4.78, 5) is 36.6. The number of carbonyl (C=O) groups excluding carboxylic acids is 1. The van der Waals surface area contributed by atoms with E-state index in [1.54, 1.807) is 25.7 Å². The summed E-state index contributed by atoms with van der Waals surface area (Å²) in [5.41, 5.74) is 12.3. The maximum absolute atomic E-state index is 13.8. The first-order valence-corrected chi connectivity index (χ1v) is 18.0. The molecule has 2 aliphatic heterocycles. The Morgan fingerprint density at radius 3 is 2.42 bits per heavy atom. The van der Waals surface area contributed by atoms with Crippen LogP contribution in [0.2, 0.25) is 0 Å². The number of hydrogen-bond donors (Lipinski definition) is 1. The van der Waals surface area contributed by atoms with Gasteiger partial charge in [-0.05, 0) is 72.2 Å². The Labute approximate surface area is 308 Å². The lowest BCUT2D eigenvalue weighted by atomic mass is 9.97. The molecule has 5 heterocycles. The number of ether oxygens (including phenoxy) is 5. The number of pyridine rings is 3. The first kappa shape index (κ1) is 36.0. The molecule has 5 aromatic rings. The third-order valence-corrected chi connectivity index (χ3v) is 9.73. The smallest absolute Gasteiger partial charge is 0.201 e. The summed E-state index contributed by atoms with van der Waals surface area (Å²) in [6.45, 7) is 6.09. The van der Waals surface area contributed by atoms with Crippen LogP contribution in [0, 0.1) is 12.8 Å². The fourth-order valence-electron chi connectivity index (χ4n) is 6.70. The molecule has 0 saturated carbocycles. The van der Waals surface area contributed by atoms with Gasteiger partial charge in [0.2, 0.25) is 5.43 Å². The molecule has 0 spiro atoms. The number of rotatable bonds is 12. The Morgan fingerprint density at radius 2 is 1.68 bits per heavy atom. The van der Waals surface area contributed by atoms with Crippen molar-refractivity contribution in [2.75, 3.05) is 52.5 Å². The van der Waals surface area contributed by atoms with Crippen LogP contribution in [0.1, 0.15) is 34.3 Å². The van der Waals surface area contributed by atoms with Gasteiger partial charge in [0.25, 0.3) is 0 Å². The van der Waals surface area contributed by atoms with E-state index in [0.29, 0.717) is 67.5 Å². The van der Waals surface area contributed by atoms with E-state index in [1.165, 1.54) is 0 Å². The van der Waals surface area contributed by atoms with Gasteiger partial charge in [0.05, 0.1) is 43.8 Å². The van der Waals surface area contributed by atoms with Crippen molar-refractivity contribution in [3.05, 3.63) is 112 Å². The average Bonchev–Trinajstić information content (AvgIpc) is 3.19. The Balaban J connectivity index is 1.09. The van der Waals surface area contributed by atoms with Crippen LogP contribution in [0.25, 0.3) is 33.5 Å². The highest BCUT2D eigenvalue weighted by molar-refractivity contribution is 5.98. The molecule has 0 amide bonds. The van der Waals surface area contributed by atoms with E-state index in [9.17, 15) is 9.59 Å². The van der Waals surface area contributed by atoms with Crippen LogP contribution in [0.4, 0.5) is 5.82 Å². The topological polar surface area (TPSA) is 137 Å². The van der Waals surface area contributed by atoms with E-state index in [2.05, 4.69) is 9.97 Å². The number of aromatic nitrogens is 3. The summed E-state index contributed by atoms with van der Waals surface area (Å²) < 4.78 is 30.3. The van der Waals surface area contributed by atoms with Gasteiger partial charge in [0.15, 0.2) is 17.3 Å². The molecule has 274 valence electrons. The monoisotopic (exact) mass is 716 g/mol. The third-order valence-electron chi connectivity index (χ3n) is 9.73. The molecule has 1 unspecified atom stereocenters. The molecule has 2 N–H and O–H groups in total. The largest absolute Gasteiger partial charge is 0.493 e. The van der Waals surface area contributed by atoms with Crippen LogP contribution in [0.5, 0.6) is 11.5 Å². The number of Topliss-reactive ketones (excluding diaryl/α,β-unsaturated/α-hetero) is 1. The zero-order valence-corrected chi connectivity index (χ0v) is 30.1. The number of nitrogens with zero attached hydrogens (tertiary/aromatic N) is 3. The molecular weight excluding hydrogens is 672 g/mol. The van der Waals surface area contributed by atoms with Crippen molar-refractivity contribution < 1.29 is 28.5 Å². The summed E-state index contributed by atoms with van der Waals surface area (Å²) in [6, 6.07) is 19.1. The van der Waals surface area contributed by atoms with E-state index >= 15 is 0 Å². The maximum Gasteiger partial charge on any atom is 0.201 e. The van der Waals surface area contributed by atoms with Gasteiger partial charge >= 0.3 is 0 Å². The van der Waals surface area contributed by atoms with Crippen LogP contribution in [0.15, 0.2) is 90.2 Å². The highest BCUT2D eigenvalue weighted by Gasteiger charge is 2.21. The zero-order chi connectivity index (χ0) is 36.7. The lowest BCUT2D eigenvalue weighted by Gasteiger charge is -2.23. The number of benzene rings is 2. The van der Waals surface area contributed by atoms with E-state index in [-0.39, 0.29) is 29.3 Å². The molecule has 2 aliphatic rings. The molecule has 0 bridgehead atoms. The number of hydrogen-bond acceptors (Lipinski definition) is 10. The molecule has 11 nitrogen and oxygen atoms in total. The predicted octanol–water partition coefficient (Wildman–Crippen LogP) is 6.18. The lowest BCUT2D eigenvalue weighted by molar-refractivity contribution is -0.101. The van der Waals surface area contributed by atoms with Crippen molar-refractivity contribution in [1.29, 1.82) is 0 Å². The fourth-order valence-corrected chi connectivity index (χ4v) is 6.70. The first-order valence-electron chi connectivity index (χ1n) is 18.0. The zero-order valence-electron chi connectivity index (χ0n) is 30.1. The number of methoxy groups -OCH3 is 1. The van der Waals surface area contributed by atoms with Crippen LogP contribution in [-0.4, -0.2) is 73.2 Å². The minimum Gasteiger partial charge on any atom is -0.493 e. The van der Waals surface area contributed by atoms with Gasteiger partial charge in [-0.2, -0.15) is 0 Å². The molecule has 11 heteroatoms. The lowest BCUT2D eigenvalue weighted by Crippen LogP contribution is -2.33. The Kier molecular flexibility index (Phi) is 11.2. The molecule has 2 aromatic carbocycles.